The molecule has 0 aliphatic carbocycles. The summed E-state index contributed by atoms with van der Waals surface area (Å²) in [5, 5.41) is 3.03. The van der Waals surface area contributed by atoms with Crippen molar-refractivity contribution in [1.29, 1.82) is 0 Å². The molecule has 0 saturated heterocycles. The van der Waals surface area contributed by atoms with Gasteiger partial charge in [0.1, 0.15) is 0 Å². The number of nitrogens with zero attached hydrogens (tertiary/aromatic N) is 1. The largest absolute Gasteiger partial charge is 0.356 e. The van der Waals surface area contributed by atoms with Crippen LogP contribution >= 0.6 is 21.6 Å². The number of carbonyl (C=O) groups is 1. The molecule has 1 N–H and O–H groups in total. The predicted molar refractivity (Wildman–Crippen MR) is 106 cm³/mol. The molecule has 1 aliphatic rings. The molecule has 0 aromatic carbocycles. The third kappa shape index (κ3) is 12.6. The summed E-state index contributed by atoms with van der Waals surface area (Å²) in [6.45, 7) is 0.746. The number of nitrogens with one attached hydrogen (secondary N) is 1. The standard InChI is InChI=1S/C18H32N2OS2/c1-22-23-15-9-7-5-3-2-4-6-8-10-18(21)20-16-17-11-13-19-14-12-17/h11,13-14,17H,2-10,12,15-16H2,1H3,(H,20,21). The van der Waals surface area contributed by atoms with Crippen molar-refractivity contribution in [3.63, 3.8) is 0 Å². The molecule has 1 aliphatic heterocycles. The van der Waals surface area contributed by atoms with Gasteiger partial charge in [0.2, 0.25) is 5.91 Å². The van der Waals surface area contributed by atoms with Crippen molar-refractivity contribution in [3.8, 4) is 0 Å². The van der Waals surface area contributed by atoms with Crippen molar-refractivity contribution in [1.82, 2.24) is 5.32 Å². The van der Waals surface area contributed by atoms with Crippen molar-refractivity contribution >= 4 is 33.7 Å². The van der Waals surface area contributed by atoms with Crippen molar-refractivity contribution < 1.29 is 4.79 Å². The molecule has 0 radical (unpaired) electrons. The van der Waals surface area contributed by atoms with Crippen LogP contribution in [0.1, 0.15) is 64.2 Å². The average molecular weight is 357 g/mol. The Morgan fingerprint density at radius 3 is 2.48 bits per heavy atom. The first kappa shape index (κ1) is 20.6. The minimum absolute atomic E-state index is 0.201. The van der Waals surface area contributed by atoms with Gasteiger partial charge in [-0.1, -0.05) is 66.2 Å². The minimum atomic E-state index is 0.201. The molecule has 0 bridgehead atoms. The number of amides is 1. The highest BCUT2D eigenvalue weighted by Gasteiger charge is 2.08. The fourth-order valence-electron chi connectivity index (χ4n) is 2.58. The summed E-state index contributed by atoms with van der Waals surface area (Å²) in [5.41, 5.74) is 0. The maximum absolute atomic E-state index is 11.8. The molecule has 1 rings (SSSR count). The van der Waals surface area contributed by atoms with E-state index in [0.29, 0.717) is 12.3 Å². The topological polar surface area (TPSA) is 41.5 Å². The van der Waals surface area contributed by atoms with Crippen LogP contribution in [0.2, 0.25) is 0 Å². The van der Waals surface area contributed by atoms with Crippen LogP contribution in [0.3, 0.4) is 0 Å². The van der Waals surface area contributed by atoms with E-state index in [9.17, 15) is 4.79 Å². The van der Waals surface area contributed by atoms with Gasteiger partial charge in [-0.3, -0.25) is 9.79 Å². The molecule has 132 valence electrons. The Hall–Kier alpha value is -0.420. The third-order valence-corrected chi connectivity index (χ3v) is 5.92. The van der Waals surface area contributed by atoms with Crippen molar-refractivity contribution in [2.75, 3.05) is 18.6 Å². The smallest absolute Gasteiger partial charge is 0.220 e. The van der Waals surface area contributed by atoms with E-state index in [1.165, 1.54) is 50.7 Å². The maximum Gasteiger partial charge on any atom is 0.220 e. The van der Waals surface area contributed by atoms with Crippen LogP contribution in [0, 0.1) is 5.92 Å². The number of hydrogen-bond donors (Lipinski definition) is 1. The molecule has 0 aromatic heterocycles. The van der Waals surface area contributed by atoms with Crippen molar-refractivity contribution in [3.05, 3.63) is 12.3 Å². The summed E-state index contributed by atoms with van der Waals surface area (Å²) in [6.07, 6.45) is 19.8. The maximum atomic E-state index is 11.8. The molecule has 1 atom stereocenters. The van der Waals surface area contributed by atoms with Gasteiger partial charge in [0.25, 0.3) is 0 Å². The second-order valence-corrected chi connectivity index (χ2v) is 8.72. The zero-order valence-electron chi connectivity index (χ0n) is 14.5. The normalized spacial score (nSPS) is 16.7. The van der Waals surface area contributed by atoms with E-state index in [1.807, 2.05) is 34.0 Å². The van der Waals surface area contributed by atoms with E-state index in [0.717, 1.165) is 19.4 Å². The molecule has 0 spiro atoms. The van der Waals surface area contributed by atoms with Crippen LogP contribution in [0.4, 0.5) is 0 Å². The Kier molecular flexibility index (Phi) is 13.6. The van der Waals surface area contributed by atoms with Crippen LogP contribution < -0.4 is 5.32 Å². The lowest BCUT2D eigenvalue weighted by Crippen LogP contribution is -2.28. The molecule has 23 heavy (non-hydrogen) atoms. The van der Waals surface area contributed by atoms with Gasteiger partial charge < -0.3 is 5.32 Å². The fraction of sp³-hybridized carbons (Fsp3) is 0.778. The van der Waals surface area contributed by atoms with E-state index < -0.39 is 0 Å². The lowest BCUT2D eigenvalue weighted by atomic mass is 10.0. The molecular formula is C18H32N2OS2. The highest BCUT2D eigenvalue weighted by atomic mass is 33.1. The summed E-state index contributed by atoms with van der Waals surface area (Å²) in [5.74, 6) is 1.91. The predicted octanol–water partition coefficient (Wildman–Crippen LogP) is 5.23. The van der Waals surface area contributed by atoms with E-state index >= 15 is 0 Å². The number of rotatable bonds is 14. The molecule has 0 fully saturated rings. The Morgan fingerprint density at radius 2 is 1.83 bits per heavy atom. The lowest BCUT2D eigenvalue weighted by Gasteiger charge is -2.13. The van der Waals surface area contributed by atoms with Crippen molar-refractivity contribution in [2.24, 2.45) is 10.9 Å². The van der Waals surface area contributed by atoms with Crippen LogP contribution in [-0.2, 0) is 4.79 Å². The van der Waals surface area contributed by atoms with E-state index in [-0.39, 0.29) is 5.91 Å². The highest BCUT2D eigenvalue weighted by molar-refractivity contribution is 8.76. The average Bonchev–Trinajstić information content (AvgIpc) is 2.59. The Morgan fingerprint density at radius 1 is 1.13 bits per heavy atom. The molecular weight excluding hydrogens is 324 g/mol. The summed E-state index contributed by atoms with van der Waals surface area (Å²) < 4.78 is 0. The Balaban J connectivity index is 1.80. The van der Waals surface area contributed by atoms with Gasteiger partial charge in [-0.2, -0.15) is 0 Å². The quantitative estimate of drug-likeness (QED) is 0.342. The SMILES string of the molecule is CSSCCCCCCCCCCC(=O)NCC1C=CN=CC1. The number of unbranched alkanes of at least 4 members (excludes halogenated alkanes) is 7. The fourth-order valence-corrected chi connectivity index (χ4v) is 3.92. The molecule has 3 nitrogen and oxygen atoms in total. The van der Waals surface area contributed by atoms with Crippen molar-refractivity contribution in [2.45, 2.75) is 64.2 Å². The van der Waals surface area contributed by atoms with Gasteiger partial charge in [0.05, 0.1) is 0 Å². The second-order valence-electron chi connectivity index (χ2n) is 6.04. The first-order valence-corrected chi connectivity index (χ1v) is 11.7. The molecule has 1 heterocycles. The van der Waals surface area contributed by atoms with Crippen LogP contribution in [0.15, 0.2) is 17.3 Å². The molecule has 1 amide bonds. The molecule has 0 saturated carbocycles. The van der Waals surface area contributed by atoms with E-state index in [1.54, 1.807) is 0 Å². The first-order chi connectivity index (χ1) is 11.3. The van der Waals surface area contributed by atoms with Gasteiger partial charge in [-0.05, 0) is 25.5 Å². The zero-order valence-corrected chi connectivity index (χ0v) is 16.1. The van der Waals surface area contributed by atoms with Gasteiger partial charge in [-0.15, -0.1) is 0 Å². The van der Waals surface area contributed by atoms with Gasteiger partial charge in [0.15, 0.2) is 0 Å². The summed E-state index contributed by atoms with van der Waals surface area (Å²) in [7, 11) is 3.83. The molecule has 1 unspecified atom stereocenters. The van der Waals surface area contributed by atoms with Gasteiger partial charge in [-0.25, -0.2) is 0 Å². The van der Waals surface area contributed by atoms with Crippen LogP contribution in [-0.4, -0.2) is 30.7 Å². The summed E-state index contributed by atoms with van der Waals surface area (Å²) >= 11 is 0. The second kappa shape index (κ2) is 15.1. The monoisotopic (exact) mass is 356 g/mol. The van der Waals surface area contributed by atoms with Gasteiger partial charge in [0, 0.05) is 37.1 Å². The van der Waals surface area contributed by atoms with E-state index in [4.69, 9.17) is 0 Å². The molecule has 5 heteroatoms. The van der Waals surface area contributed by atoms with Gasteiger partial charge >= 0.3 is 0 Å². The lowest BCUT2D eigenvalue weighted by molar-refractivity contribution is -0.121. The summed E-state index contributed by atoms with van der Waals surface area (Å²) in [6, 6.07) is 0. The molecule has 0 aromatic rings. The first-order valence-electron chi connectivity index (χ1n) is 8.93. The highest BCUT2D eigenvalue weighted by Crippen LogP contribution is 2.19. The number of carbonyl (C=O) groups excluding carboxylic acids is 1. The zero-order chi connectivity index (χ0) is 16.6. The van der Waals surface area contributed by atoms with E-state index in [2.05, 4.69) is 22.6 Å². The Labute approximate surface area is 150 Å². The number of hydrogen-bond acceptors (Lipinski definition) is 4. The third-order valence-electron chi connectivity index (χ3n) is 4.02. The number of aliphatic imine (C=N–C) groups is 1. The van der Waals surface area contributed by atoms with Crippen LogP contribution in [0.25, 0.3) is 0 Å². The summed E-state index contributed by atoms with van der Waals surface area (Å²) in [4.78, 5) is 15.8. The minimum Gasteiger partial charge on any atom is -0.356 e. The Bertz CT molecular complexity index is 359. The van der Waals surface area contributed by atoms with Crippen LogP contribution in [0.5, 0.6) is 0 Å².